The molecule has 2 aromatic rings. The van der Waals surface area contributed by atoms with Gasteiger partial charge in [-0.1, -0.05) is 6.07 Å². The number of benzene rings is 2. The number of hydrogen-bond donors (Lipinski definition) is 0. The van der Waals surface area contributed by atoms with E-state index in [1.807, 2.05) is 6.07 Å². The van der Waals surface area contributed by atoms with Crippen LogP contribution >= 0.6 is 0 Å². The molecule has 0 aliphatic rings. The van der Waals surface area contributed by atoms with Crippen LogP contribution in [0.1, 0.15) is 15.9 Å². The predicted octanol–water partition coefficient (Wildman–Crippen LogP) is 2.69. The molecule has 0 aliphatic carbocycles. The second-order valence-electron chi connectivity index (χ2n) is 4.17. The first kappa shape index (κ1) is 15.0. The zero-order valence-corrected chi connectivity index (χ0v) is 11.5. The minimum absolute atomic E-state index is 0.00913. The zero-order chi connectivity index (χ0) is 16.1. The SMILES string of the molecule is COc1ccc(C(=O)Oc2cccc(C#N)c2)cc1[N+](=O)[O-]. The molecule has 0 atom stereocenters. The third-order valence-electron chi connectivity index (χ3n) is 2.78. The monoisotopic (exact) mass is 298 g/mol. The van der Waals surface area contributed by atoms with Crippen LogP contribution in [0, 0.1) is 21.4 Å². The van der Waals surface area contributed by atoms with Gasteiger partial charge in [-0.05, 0) is 30.3 Å². The highest BCUT2D eigenvalue weighted by Gasteiger charge is 2.19. The maximum atomic E-state index is 12.0. The van der Waals surface area contributed by atoms with Gasteiger partial charge in [0.1, 0.15) is 5.75 Å². The molecular weight excluding hydrogens is 288 g/mol. The average molecular weight is 298 g/mol. The quantitative estimate of drug-likeness (QED) is 0.372. The van der Waals surface area contributed by atoms with E-state index in [1.165, 1.54) is 31.4 Å². The smallest absolute Gasteiger partial charge is 0.343 e. The van der Waals surface area contributed by atoms with Crippen molar-refractivity contribution in [3.63, 3.8) is 0 Å². The zero-order valence-electron chi connectivity index (χ0n) is 11.5. The van der Waals surface area contributed by atoms with E-state index in [1.54, 1.807) is 12.1 Å². The van der Waals surface area contributed by atoms with Crippen LogP contribution in [0.4, 0.5) is 5.69 Å². The normalized spacial score (nSPS) is 9.64. The van der Waals surface area contributed by atoms with Crippen molar-refractivity contribution in [1.82, 2.24) is 0 Å². The average Bonchev–Trinajstić information content (AvgIpc) is 2.54. The van der Waals surface area contributed by atoms with Crippen molar-refractivity contribution in [2.24, 2.45) is 0 Å². The lowest BCUT2D eigenvalue weighted by molar-refractivity contribution is -0.385. The van der Waals surface area contributed by atoms with Gasteiger partial charge >= 0.3 is 11.7 Å². The fourth-order valence-corrected chi connectivity index (χ4v) is 1.75. The second kappa shape index (κ2) is 6.37. The number of nitro benzene ring substituents is 1. The van der Waals surface area contributed by atoms with Crippen LogP contribution in [-0.4, -0.2) is 18.0 Å². The summed E-state index contributed by atoms with van der Waals surface area (Å²) in [5.74, 6) is -0.531. The van der Waals surface area contributed by atoms with Crippen molar-refractivity contribution < 1.29 is 19.2 Å². The first-order chi connectivity index (χ1) is 10.5. The van der Waals surface area contributed by atoms with E-state index < -0.39 is 10.9 Å². The van der Waals surface area contributed by atoms with Crippen molar-refractivity contribution in [3.8, 4) is 17.6 Å². The Bertz CT molecular complexity index is 780. The molecule has 22 heavy (non-hydrogen) atoms. The van der Waals surface area contributed by atoms with Crippen molar-refractivity contribution >= 4 is 11.7 Å². The fourth-order valence-electron chi connectivity index (χ4n) is 1.75. The molecule has 2 aromatic carbocycles. The van der Waals surface area contributed by atoms with E-state index in [4.69, 9.17) is 14.7 Å². The Balaban J connectivity index is 2.28. The Morgan fingerprint density at radius 1 is 1.27 bits per heavy atom. The fraction of sp³-hybridized carbons (Fsp3) is 0.0667. The molecule has 0 aromatic heterocycles. The largest absolute Gasteiger partial charge is 0.490 e. The minimum Gasteiger partial charge on any atom is -0.490 e. The maximum absolute atomic E-state index is 12.0. The number of nitrogens with zero attached hydrogens (tertiary/aromatic N) is 2. The molecule has 0 saturated carbocycles. The van der Waals surface area contributed by atoms with E-state index in [0.29, 0.717) is 5.56 Å². The van der Waals surface area contributed by atoms with Gasteiger partial charge in [0.25, 0.3) is 0 Å². The Morgan fingerprint density at radius 3 is 2.68 bits per heavy atom. The van der Waals surface area contributed by atoms with E-state index in [2.05, 4.69) is 0 Å². The Hall–Kier alpha value is -3.40. The van der Waals surface area contributed by atoms with Crippen LogP contribution in [-0.2, 0) is 0 Å². The lowest BCUT2D eigenvalue weighted by atomic mass is 10.2. The van der Waals surface area contributed by atoms with E-state index >= 15 is 0 Å². The highest BCUT2D eigenvalue weighted by atomic mass is 16.6. The number of nitriles is 1. The second-order valence-corrected chi connectivity index (χ2v) is 4.17. The van der Waals surface area contributed by atoms with Crippen molar-refractivity contribution in [3.05, 3.63) is 63.7 Å². The molecule has 0 heterocycles. The molecule has 7 heteroatoms. The van der Waals surface area contributed by atoms with Crippen molar-refractivity contribution in [1.29, 1.82) is 5.26 Å². The summed E-state index contributed by atoms with van der Waals surface area (Å²) < 4.78 is 9.96. The summed E-state index contributed by atoms with van der Waals surface area (Å²) in [6, 6.07) is 11.7. The van der Waals surface area contributed by atoms with Crippen LogP contribution in [0.3, 0.4) is 0 Å². The van der Waals surface area contributed by atoms with Gasteiger partial charge in [0.05, 0.1) is 29.2 Å². The molecule has 0 amide bonds. The number of nitro groups is 1. The van der Waals surface area contributed by atoms with Gasteiger partial charge in [0.15, 0.2) is 5.75 Å². The Labute approximate surface area is 125 Å². The molecule has 0 bridgehead atoms. The van der Waals surface area contributed by atoms with E-state index in [9.17, 15) is 14.9 Å². The standard InChI is InChI=1S/C15H10N2O5/c1-21-14-6-5-11(8-13(14)17(19)20)15(18)22-12-4-2-3-10(7-12)9-16/h2-8H,1H3. The van der Waals surface area contributed by atoms with Crippen molar-refractivity contribution in [2.75, 3.05) is 7.11 Å². The van der Waals surface area contributed by atoms with E-state index in [-0.39, 0.29) is 22.7 Å². The van der Waals surface area contributed by atoms with Gasteiger partial charge in [-0.25, -0.2) is 4.79 Å². The van der Waals surface area contributed by atoms with Gasteiger partial charge in [-0.2, -0.15) is 5.26 Å². The molecule has 7 nitrogen and oxygen atoms in total. The molecule has 0 radical (unpaired) electrons. The molecule has 0 saturated heterocycles. The first-order valence-corrected chi connectivity index (χ1v) is 6.10. The van der Waals surface area contributed by atoms with Gasteiger partial charge < -0.3 is 9.47 Å². The Morgan fingerprint density at radius 2 is 2.05 bits per heavy atom. The first-order valence-electron chi connectivity index (χ1n) is 6.10. The van der Waals surface area contributed by atoms with Crippen LogP contribution in [0.5, 0.6) is 11.5 Å². The molecule has 0 unspecified atom stereocenters. The summed E-state index contributed by atoms with van der Waals surface area (Å²) >= 11 is 0. The predicted molar refractivity (Wildman–Crippen MR) is 75.8 cm³/mol. The summed E-state index contributed by atoms with van der Waals surface area (Å²) in [7, 11) is 1.30. The van der Waals surface area contributed by atoms with Crippen molar-refractivity contribution in [2.45, 2.75) is 0 Å². The molecule has 0 N–H and O–H groups in total. The maximum Gasteiger partial charge on any atom is 0.343 e. The molecule has 0 aliphatic heterocycles. The number of ether oxygens (including phenoxy) is 2. The van der Waals surface area contributed by atoms with Gasteiger partial charge in [0, 0.05) is 6.07 Å². The lowest BCUT2D eigenvalue weighted by Gasteiger charge is -2.06. The van der Waals surface area contributed by atoms with Crippen LogP contribution in [0.25, 0.3) is 0 Å². The van der Waals surface area contributed by atoms with Gasteiger partial charge in [-0.15, -0.1) is 0 Å². The summed E-state index contributed by atoms with van der Waals surface area (Å²) in [5, 5.41) is 19.7. The summed E-state index contributed by atoms with van der Waals surface area (Å²) in [4.78, 5) is 22.3. The minimum atomic E-state index is -0.763. The number of carbonyl (C=O) groups excluding carboxylic acids is 1. The number of hydrogen-bond acceptors (Lipinski definition) is 6. The van der Waals surface area contributed by atoms with Crippen LogP contribution in [0.2, 0.25) is 0 Å². The molecule has 110 valence electrons. The number of methoxy groups -OCH3 is 1. The van der Waals surface area contributed by atoms with Crippen LogP contribution < -0.4 is 9.47 Å². The highest BCUT2D eigenvalue weighted by molar-refractivity contribution is 5.92. The summed E-state index contributed by atoms with van der Waals surface area (Å²) in [6.07, 6.45) is 0. The highest BCUT2D eigenvalue weighted by Crippen LogP contribution is 2.28. The van der Waals surface area contributed by atoms with Gasteiger partial charge in [0.2, 0.25) is 0 Å². The number of carbonyl (C=O) groups is 1. The third kappa shape index (κ3) is 3.19. The number of esters is 1. The topological polar surface area (TPSA) is 102 Å². The summed E-state index contributed by atoms with van der Waals surface area (Å²) in [6.45, 7) is 0. The third-order valence-corrected chi connectivity index (χ3v) is 2.78. The van der Waals surface area contributed by atoms with E-state index in [0.717, 1.165) is 6.07 Å². The summed E-state index contributed by atoms with van der Waals surface area (Å²) in [5.41, 5.74) is 0.0172. The molecule has 0 spiro atoms. The van der Waals surface area contributed by atoms with Gasteiger partial charge in [-0.3, -0.25) is 10.1 Å². The number of rotatable bonds is 4. The van der Waals surface area contributed by atoms with Crippen LogP contribution in [0.15, 0.2) is 42.5 Å². The molecule has 0 fully saturated rings. The lowest BCUT2D eigenvalue weighted by Crippen LogP contribution is -2.09. The molecular formula is C15H10N2O5. The Kier molecular flexibility index (Phi) is 4.34. The molecule has 2 rings (SSSR count).